The van der Waals surface area contributed by atoms with Gasteiger partial charge < -0.3 is 19.7 Å². The fraction of sp³-hybridized carbons (Fsp3) is 0.200. The molecule has 2 N–H and O–H groups in total. The predicted octanol–water partition coefficient (Wildman–Crippen LogP) is 4.03. The van der Waals surface area contributed by atoms with E-state index < -0.39 is 5.97 Å². The number of amides is 1. The molecule has 2 aromatic carbocycles. The Hall–Kier alpha value is -2.99. The number of carboxylic acids is 1. The molecule has 0 aliphatic heterocycles. The molecule has 1 heterocycles. The number of hydrogen-bond donors (Lipinski definition) is 2. The van der Waals surface area contributed by atoms with Crippen LogP contribution in [0.25, 0.3) is 10.9 Å². The van der Waals surface area contributed by atoms with Crippen LogP contribution in [0.1, 0.15) is 21.6 Å². The number of hydrogen-bond acceptors (Lipinski definition) is 3. The van der Waals surface area contributed by atoms with E-state index in [2.05, 4.69) is 5.32 Å². The second kappa shape index (κ2) is 7.32. The summed E-state index contributed by atoms with van der Waals surface area (Å²) in [7, 11) is 3.18. The van der Waals surface area contributed by atoms with E-state index in [1.165, 1.54) is 7.11 Å². The molecule has 0 unspecified atom stereocenters. The topological polar surface area (TPSA) is 80.6 Å². The van der Waals surface area contributed by atoms with Gasteiger partial charge in [-0.15, -0.1) is 0 Å². The number of aromatic nitrogens is 1. The number of halogens is 1. The molecule has 27 heavy (non-hydrogen) atoms. The third kappa shape index (κ3) is 3.61. The van der Waals surface area contributed by atoms with Gasteiger partial charge in [-0.2, -0.15) is 0 Å². The largest absolute Gasteiger partial charge is 0.495 e. The monoisotopic (exact) mass is 386 g/mol. The summed E-state index contributed by atoms with van der Waals surface area (Å²) in [5.41, 5.74) is 2.76. The van der Waals surface area contributed by atoms with Crippen LogP contribution in [0.2, 0.25) is 5.02 Å². The number of aromatic carboxylic acids is 1. The molecule has 0 saturated carbocycles. The Morgan fingerprint density at radius 3 is 2.63 bits per heavy atom. The zero-order valence-corrected chi connectivity index (χ0v) is 15.9. The number of nitrogens with one attached hydrogen (secondary N) is 1. The Morgan fingerprint density at radius 1 is 1.22 bits per heavy atom. The van der Waals surface area contributed by atoms with E-state index in [1.54, 1.807) is 29.8 Å². The van der Waals surface area contributed by atoms with Crippen molar-refractivity contribution in [3.05, 3.63) is 58.2 Å². The summed E-state index contributed by atoms with van der Waals surface area (Å²) in [6.07, 6.45) is -0.0852. The van der Waals surface area contributed by atoms with Crippen LogP contribution in [0.3, 0.4) is 0 Å². The zero-order chi connectivity index (χ0) is 19.7. The maximum Gasteiger partial charge on any atom is 0.352 e. The number of fused-ring (bicyclic) bond motifs is 1. The van der Waals surface area contributed by atoms with Crippen molar-refractivity contribution in [3.8, 4) is 5.75 Å². The number of nitrogens with zero attached hydrogens (tertiary/aromatic N) is 1. The fourth-order valence-electron chi connectivity index (χ4n) is 3.22. The van der Waals surface area contributed by atoms with Gasteiger partial charge in [0.15, 0.2) is 0 Å². The van der Waals surface area contributed by atoms with Gasteiger partial charge in [0.05, 0.1) is 19.2 Å². The third-order valence-corrected chi connectivity index (χ3v) is 4.67. The summed E-state index contributed by atoms with van der Waals surface area (Å²) in [6.45, 7) is 1.92. The highest BCUT2D eigenvalue weighted by atomic mass is 35.5. The van der Waals surface area contributed by atoms with Gasteiger partial charge in [-0.05, 0) is 37.3 Å². The molecule has 0 spiro atoms. The number of carbonyl (C=O) groups excluding carboxylic acids is 1. The van der Waals surface area contributed by atoms with Gasteiger partial charge in [-0.1, -0.05) is 23.2 Å². The summed E-state index contributed by atoms with van der Waals surface area (Å²) in [5.74, 6) is -0.957. The van der Waals surface area contributed by atoms with E-state index in [9.17, 15) is 14.7 Å². The van der Waals surface area contributed by atoms with Crippen molar-refractivity contribution >= 4 is 40.1 Å². The van der Waals surface area contributed by atoms with Crippen molar-refractivity contribution in [2.75, 3.05) is 12.4 Å². The smallest absolute Gasteiger partial charge is 0.352 e. The summed E-state index contributed by atoms with van der Waals surface area (Å²) < 4.78 is 6.83. The molecule has 0 atom stereocenters. The van der Waals surface area contributed by atoms with Crippen LogP contribution >= 0.6 is 11.6 Å². The molecule has 0 fully saturated rings. The maximum atomic E-state index is 12.7. The first-order valence-corrected chi connectivity index (χ1v) is 8.64. The van der Waals surface area contributed by atoms with E-state index in [0.29, 0.717) is 22.0 Å². The summed E-state index contributed by atoms with van der Waals surface area (Å²) in [6, 6.07) is 10.6. The number of carboxylic acid groups (broad SMARTS) is 1. The van der Waals surface area contributed by atoms with Crippen LogP contribution in [-0.4, -0.2) is 28.7 Å². The highest BCUT2D eigenvalue weighted by molar-refractivity contribution is 6.31. The van der Waals surface area contributed by atoms with Crippen molar-refractivity contribution < 1.29 is 19.4 Å². The number of benzene rings is 2. The summed E-state index contributed by atoms with van der Waals surface area (Å²) in [5, 5.41) is 13.6. The van der Waals surface area contributed by atoms with Crippen LogP contribution in [0.5, 0.6) is 5.75 Å². The first-order valence-electron chi connectivity index (χ1n) is 8.26. The lowest BCUT2D eigenvalue weighted by atomic mass is 10.0. The van der Waals surface area contributed by atoms with E-state index in [4.69, 9.17) is 16.3 Å². The van der Waals surface area contributed by atoms with Gasteiger partial charge in [-0.25, -0.2) is 4.79 Å². The van der Waals surface area contributed by atoms with Gasteiger partial charge in [0, 0.05) is 28.5 Å². The first-order chi connectivity index (χ1) is 12.8. The van der Waals surface area contributed by atoms with Crippen molar-refractivity contribution in [1.82, 2.24) is 4.57 Å². The fourth-order valence-corrected chi connectivity index (χ4v) is 3.39. The van der Waals surface area contributed by atoms with Crippen LogP contribution in [0.15, 0.2) is 36.4 Å². The molecule has 140 valence electrons. The molecular formula is C20H19ClN2O4. The molecular weight excluding hydrogens is 368 g/mol. The Labute approximate surface area is 161 Å². The lowest BCUT2D eigenvalue weighted by Crippen LogP contribution is -2.17. The molecule has 0 saturated heterocycles. The van der Waals surface area contributed by atoms with Crippen molar-refractivity contribution in [2.45, 2.75) is 13.3 Å². The standard InChI is InChI=1S/C20H19ClN2O4/c1-11-4-6-16-13(8-11)14(19(20(25)26)23(16)2)10-18(24)22-15-9-12(21)5-7-17(15)27-3/h4-9H,10H2,1-3H3,(H,22,24)(H,25,26). The molecule has 1 aromatic heterocycles. The first kappa shape index (κ1) is 18.8. The van der Waals surface area contributed by atoms with E-state index in [1.807, 2.05) is 25.1 Å². The minimum absolute atomic E-state index is 0.0852. The Kier molecular flexibility index (Phi) is 5.10. The number of carbonyl (C=O) groups is 2. The van der Waals surface area contributed by atoms with Crippen molar-refractivity contribution in [3.63, 3.8) is 0 Å². The van der Waals surface area contributed by atoms with Crippen LogP contribution < -0.4 is 10.1 Å². The van der Waals surface area contributed by atoms with E-state index >= 15 is 0 Å². The number of methoxy groups -OCH3 is 1. The van der Waals surface area contributed by atoms with Crippen LogP contribution in [0.4, 0.5) is 5.69 Å². The van der Waals surface area contributed by atoms with Gasteiger partial charge in [0.1, 0.15) is 11.4 Å². The minimum Gasteiger partial charge on any atom is -0.495 e. The van der Waals surface area contributed by atoms with E-state index in [-0.39, 0.29) is 18.0 Å². The Morgan fingerprint density at radius 2 is 1.96 bits per heavy atom. The molecule has 0 bridgehead atoms. The predicted molar refractivity (Wildman–Crippen MR) is 105 cm³/mol. The molecule has 6 nitrogen and oxygen atoms in total. The third-order valence-electron chi connectivity index (χ3n) is 4.44. The Balaban J connectivity index is 2.00. The molecule has 1 amide bonds. The SMILES string of the molecule is COc1ccc(Cl)cc1NC(=O)Cc1c(C(=O)O)n(C)c2ccc(C)cc12. The van der Waals surface area contributed by atoms with Gasteiger partial charge in [-0.3, -0.25) is 4.79 Å². The molecule has 0 radical (unpaired) electrons. The van der Waals surface area contributed by atoms with Crippen LogP contribution in [0, 0.1) is 6.92 Å². The second-order valence-corrected chi connectivity index (χ2v) is 6.72. The summed E-state index contributed by atoms with van der Waals surface area (Å²) in [4.78, 5) is 24.5. The highest BCUT2D eigenvalue weighted by Gasteiger charge is 2.23. The maximum absolute atomic E-state index is 12.7. The lowest BCUT2D eigenvalue weighted by molar-refractivity contribution is -0.115. The van der Waals surface area contributed by atoms with Crippen LogP contribution in [-0.2, 0) is 18.3 Å². The molecule has 3 aromatic rings. The summed E-state index contributed by atoms with van der Waals surface area (Å²) >= 11 is 6.00. The zero-order valence-electron chi connectivity index (χ0n) is 15.2. The quantitative estimate of drug-likeness (QED) is 0.693. The average Bonchev–Trinajstić information content (AvgIpc) is 2.86. The number of aryl methyl sites for hydroxylation is 2. The van der Waals surface area contributed by atoms with Gasteiger partial charge in [0.25, 0.3) is 0 Å². The average molecular weight is 387 g/mol. The molecule has 3 rings (SSSR count). The second-order valence-electron chi connectivity index (χ2n) is 6.28. The van der Waals surface area contributed by atoms with Crippen molar-refractivity contribution in [1.29, 1.82) is 0 Å². The normalized spacial score (nSPS) is 10.8. The van der Waals surface area contributed by atoms with Gasteiger partial charge >= 0.3 is 5.97 Å². The number of ether oxygens (including phenoxy) is 1. The molecule has 0 aliphatic carbocycles. The highest BCUT2D eigenvalue weighted by Crippen LogP contribution is 2.30. The minimum atomic E-state index is -1.07. The number of rotatable bonds is 5. The number of anilines is 1. The van der Waals surface area contributed by atoms with Gasteiger partial charge in [0.2, 0.25) is 5.91 Å². The van der Waals surface area contributed by atoms with Crippen molar-refractivity contribution in [2.24, 2.45) is 7.05 Å². The van der Waals surface area contributed by atoms with E-state index in [0.717, 1.165) is 16.5 Å². The molecule has 0 aliphatic rings. The lowest BCUT2D eigenvalue weighted by Gasteiger charge is -2.11. The Bertz CT molecular complexity index is 1060. The molecule has 7 heteroatoms.